The van der Waals surface area contributed by atoms with E-state index in [0.29, 0.717) is 44.6 Å². The number of benzene rings is 1. The van der Waals surface area contributed by atoms with Gasteiger partial charge in [0.25, 0.3) is 5.91 Å². The second-order valence-electron chi connectivity index (χ2n) is 8.61. The van der Waals surface area contributed by atoms with Crippen molar-refractivity contribution >= 4 is 20.6 Å². The fraction of sp³-hybridized carbons (Fsp3) is 0.619. The maximum absolute atomic E-state index is 13.5. The number of hydrogen-bond donors (Lipinski definition) is 1. The monoisotopic (exact) mass is 501 g/mol. The van der Waals surface area contributed by atoms with Crippen molar-refractivity contribution < 1.29 is 35.5 Å². The fourth-order valence-electron chi connectivity index (χ4n) is 3.29. The third-order valence-electron chi connectivity index (χ3n) is 5.79. The number of nitrogens with zero attached hydrogens (tertiary/aromatic N) is 2. The molecule has 1 aliphatic rings. The van der Waals surface area contributed by atoms with Crippen LogP contribution in [0.2, 0.25) is 0 Å². The van der Waals surface area contributed by atoms with E-state index in [9.17, 15) is 35.5 Å². The van der Waals surface area contributed by atoms with Crippen molar-refractivity contribution in [2.45, 2.75) is 39.0 Å². The number of piperidine rings is 1. The fourth-order valence-corrected chi connectivity index (χ4v) is 3.59. The summed E-state index contributed by atoms with van der Waals surface area (Å²) in [6.45, 7) is 4.42. The van der Waals surface area contributed by atoms with Crippen LogP contribution in [0, 0.1) is 17.2 Å². The highest BCUT2D eigenvalue weighted by atomic mass is 31.0. The van der Waals surface area contributed by atoms with E-state index in [1.807, 2.05) is 0 Å². The topological polar surface area (TPSA) is 44.7 Å². The first kappa shape index (κ1) is 27.5. The molecule has 12 heteroatoms. The van der Waals surface area contributed by atoms with Gasteiger partial charge >= 0.3 is 12.4 Å². The van der Waals surface area contributed by atoms with E-state index in [-0.39, 0.29) is 24.5 Å². The molecule has 186 valence electrons. The van der Waals surface area contributed by atoms with Gasteiger partial charge in [-0.2, -0.15) is 26.3 Å². The van der Waals surface area contributed by atoms with Gasteiger partial charge in [-0.1, -0.05) is 9.24 Å². The molecule has 0 bridgehead atoms. The van der Waals surface area contributed by atoms with Gasteiger partial charge in [-0.25, -0.2) is 4.39 Å². The molecule has 2 rings (SSSR count). The summed E-state index contributed by atoms with van der Waals surface area (Å²) in [4.78, 5) is 18.3. The van der Waals surface area contributed by atoms with E-state index in [1.165, 1.54) is 0 Å². The lowest BCUT2D eigenvalue weighted by atomic mass is 9.94. The Labute approximate surface area is 190 Å². The van der Waals surface area contributed by atoms with Crippen LogP contribution in [0.15, 0.2) is 23.2 Å². The Bertz CT molecular complexity index is 860. The average molecular weight is 501 g/mol. The summed E-state index contributed by atoms with van der Waals surface area (Å²) in [6.07, 6.45) is -7.75. The molecule has 0 radical (unpaired) electrons. The smallest absolute Gasteiger partial charge is 0.352 e. The number of alkyl halides is 6. The maximum atomic E-state index is 13.5. The molecular weight excluding hydrogens is 474 g/mol. The molecule has 1 aliphatic heterocycles. The summed E-state index contributed by atoms with van der Waals surface area (Å²) >= 11 is 0. The average Bonchev–Trinajstić information content (AvgIpc) is 2.70. The van der Waals surface area contributed by atoms with Crippen LogP contribution in [-0.2, 0) is 6.18 Å². The summed E-state index contributed by atoms with van der Waals surface area (Å²) in [5, 5.41) is 2.56. The first-order valence-corrected chi connectivity index (χ1v) is 10.9. The molecule has 1 aromatic carbocycles. The zero-order valence-corrected chi connectivity index (χ0v) is 19.4. The van der Waals surface area contributed by atoms with Gasteiger partial charge in [-0.3, -0.25) is 9.79 Å². The zero-order chi connectivity index (χ0) is 25.0. The van der Waals surface area contributed by atoms with Gasteiger partial charge in [0.15, 0.2) is 0 Å². The van der Waals surface area contributed by atoms with Crippen LogP contribution in [0.1, 0.15) is 42.6 Å². The molecule has 1 atom stereocenters. The highest BCUT2D eigenvalue weighted by molar-refractivity contribution is 7.41. The molecule has 4 nitrogen and oxygen atoms in total. The van der Waals surface area contributed by atoms with Gasteiger partial charge in [0.05, 0.1) is 12.1 Å². The molecule has 1 saturated heterocycles. The van der Waals surface area contributed by atoms with Crippen LogP contribution in [0.4, 0.5) is 30.7 Å². The first-order chi connectivity index (χ1) is 15.1. The Hall–Kier alpha value is -1.74. The summed E-state index contributed by atoms with van der Waals surface area (Å²) in [7, 11) is 2.06. The summed E-state index contributed by atoms with van der Waals surface area (Å²) in [5.41, 5.74) is -3.70. The Balaban J connectivity index is 1.79. The minimum absolute atomic E-state index is 0.0568. The number of likely N-dealkylation sites (tertiary alicyclic amines) is 1. The molecule has 0 saturated carbocycles. The minimum Gasteiger partial charge on any atom is -0.352 e. The molecule has 1 fully saturated rings. The van der Waals surface area contributed by atoms with Crippen LogP contribution in [0.25, 0.3) is 0 Å². The van der Waals surface area contributed by atoms with E-state index in [1.54, 1.807) is 0 Å². The molecule has 1 heterocycles. The lowest BCUT2D eigenvalue weighted by molar-refractivity contribution is -0.185. The zero-order valence-electron chi connectivity index (χ0n) is 18.3. The number of carbonyl (C=O) groups is 1. The van der Waals surface area contributed by atoms with Crippen molar-refractivity contribution in [1.82, 2.24) is 10.2 Å². The molecule has 1 N–H and O–H groups in total. The number of carbonyl (C=O) groups excluding carboxylic acids is 1. The number of rotatable bonds is 7. The summed E-state index contributed by atoms with van der Waals surface area (Å²) in [6, 6.07) is 1.71. The van der Waals surface area contributed by atoms with Crippen molar-refractivity contribution in [3.05, 3.63) is 35.1 Å². The number of nitrogens with one attached hydrogen (secondary N) is 1. The third kappa shape index (κ3) is 7.64. The molecule has 0 spiro atoms. The second-order valence-corrected chi connectivity index (χ2v) is 9.16. The molecule has 0 aromatic heterocycles. The lowest BCUT2D eigenvalue weighted by Crippen LogP contribution is -2.40. The quantitative estimate of drug-likeness (QED) is 0.319. The predicted molar refractivity (Wildman–Crippen MR) is 115 cm³/mol. The molecular formula is C21H27F7N3OP. The summed E-state index contributed by atoms with van der Waals surface area (Å²) in [5.74, 6) is -1.83. The van der Waals surface area contributed by atoms with E-state index < -0.39 is 40.6 Å². The Morgan fingerprint density at radius 1 is 1.12 bits per heavy atom. The third-order valence-corrected chi connectivity index (χ3v) is 6.70. The van der Waals surface area contributed by atoms with Crippen LogP contribution in [-0.4, -0.2) is 55.2 Å². The van der Waals surface area contributed by atoms with Crippen LogP contribution < -0.4 is 5.32 Å². The van der Waals surface area contributed by atoms with E-state index >= 15 is 0 Å². The van der Waals surface area contributed by atoms with Gasteiger partial charge in [0.2, 0.25) is 0 Å². The van der Waals surface area contributed by atoms with E-state index in [4.69, 9.17) is 0 Å². The predicted octanol–water partition coefficient (Wildman–Crippen LogP) is 5.15. The van der Waals surface area contributed by atoms with Crippen LogP contribution in [0.3, 0.4) is 0 Å². The largest absolute Gasteiger partial charge is 0.416 e. The summed E-state index contributed by atoms with van der Waals surface area (Å²) < 4.78 is 91.0. The second kappa shape index (κ2) is 10.7. The molecule has 33 heavy (non-hydrogen) atoms. The van der Waals surface area contributed by atoms with Gasteiger partial charge in [0, 0.05) is 24.1 Å². The van der Waals surface area contributed by atoms with Gasteiger partial charge in [0.1, 0.15) is 11.2 Å². The number of aliphatic imine (C=N–C) groups is 1. The van der Waals surface area contributed by atoms with E-state index in [0.717, 1.165) is 19.9 Å². The van der Waals surface area contributed by atoms with Crippen molar-refractivity contribution in [2.24, 2.45) is 16.3 Å². The number of hydrogen-bond acceptors (Lipinski definition) is 3. The lowest BCUT2D eigenvalue weighted by Gasteiger charge is -2.32. The van der Waals surface area contributed by atoms with Gasteiger partial charge in [-0.05, 0) is 63.9 Å². The Morgan fingerprint density at radius 3 is 2.27 bits per heavy atom. The Kier molecular flexibility index (Phi) is 8.90. The van der Waals surface area contributed by atoms with Crippen LogP contribution >= 0.6 is 9.24 Å². The molecule has 1 unspecified atom stereocenters. The molecule has 0 aliphatic carbocycles. The number of amides is 1. The van der Waals surface area contributed by atoms with Gasteiger partial charge < -0.3 is 10.2 Å². The van der Waals surface area contributed by atoms with Gasteiger partial charge in [-0.15, -0.1) is 0 Å². The van der Waals surface area contributed by atoms with Crippen molar-refractivity contribution in [2.75, 3.05) is 32.7 Å². The maximum Gasteiger partial charge on any atom is 0.416 e. The van der Waals surface area contributed by atoms with Crippen molar-refractivity contribution in [1.29, 1.82) is 0 Å². The minimum atomic E-state index is -4.76. The first-order valence-electron chi connectivity index (χ1n) is 10.4. The molecule has 1 amide bonds. The standard InChI is InChI=1S/C21H27F7N3OP/c1-19(2,21(26,27)28)18(33)29-5-8-31-6-3-13(4-7-31)12-30-17(32)14-9-15(20(23,24)25)11-16(22)10-14/h9-11,13H,3-8,12,33H2,1-2H3,(H,30,32). The van der Waals surface area contributed by atoms with Crippen molar-refractivity contribution in [3.8, 4) is 0 Å². The van der Waals surface area contributed by atoms with E-state index in [2.05, 4.69) is 24.4 Å². The molecule has 1 aromatic rings. The highest BCUT2D eigenvalue weighted by Crippen LogP contribution is 2.40. The normalized spacial score (nSPS) is 17.3. The Morgan fingerprint density at radius 2 is 1.73 bits per heavy atom. The van der Waals surface area contributed by atoms with Crippen LogP contribution in [0.5, 0.6) is 0 Å². The highest BCUT2D eigenvalue weighted by Gasteiger charge is 2.49. The van der Waals surface area contributed by atoms with Crippen molar-refractivity contribution in [3.63, 3.8) is 0 Å². The SMILES string of the molecule is CC(C)(C(P)=NCCN1CCC(CNC(=O)c2cc(F)cc(C(F)(F)F)c2)CC1)C(F)(F)F. The number of halogens is 7.